The van der Waals surface area contributed by atoms with Crippen molar-refractivity contribution in [2.45, 2.75) is 26.7 Å². The summed E-state index contributed by atoms with van der Waals surface area (Å²) in [6.07, 6.45) is 1.81. The van der Waals surface area contributed by atoms with Crippen molar-refractivity contribution in [3.8, 4) is 0 Å². The van der Waals surface area contributed by atoms with E-state index in [1.165, 1.54) is 0 Å². The molecule has 2 rings (SSSR count). The molecular formula is C12H20N6O3. The summed E-state index contributed by atoms with van der Waals surface area (Å²) in [6.45, 7) is 5.68. The van der Waals surface area contributed by atoms with Crippen LogP contribution in [0.5, 0.6) is 0 Å². The highest BCUT2D eigenvalue weighted by atomic mass is 16.6. The number of hydrogen-bond acceptors (Lipinski definition) is 8. The van der Waals surface area contributed by atoms with Crippen LogP contribution in [-0.4, -0.2) is 34.6 Å². The Hall–Kier alpha value is -2.00. The largest absolute Gasteiger partial charge is 0.381 e. The van der Waals surface area contributed by atoms with Crippen molar-refractivity contribution in [2.24, 2.45) is 11.3 Å². The van der Waals surface area contributed by atoms with E-state index in [0.717, 1.165) is 12.8 Å². The van der Waals surface area contributed by atoms with Crippen LogP contribution in [0, 0.1) is 22.5 Å². The quantitative estimate of drug-likeness (QED) is 0.420. The van der Waals surface area contributed by atoms with Crippen molar-refractivity contribution in [1.29, 1.82) is 0 Å². The van der Waals surface area contributed by atoms with Gasteiger partial charge in [-0.2, -0.15) is 4.98 Å². The molecule has 0 bridgehead atoms. The number of nitrogen functional groups attached to an aromatic ring is 1. The van der Waals surface area contributed by atoms with Gasteiger partial charge in [-0.3, -0.25) is 15.5 Å². The molecule has 0 aromatic carbocycles. The van der Waals surface area contributed by atoms with Gasteiger partial charge in [0.1, 0.15) is 5.69 Å². The number of hydrazine groups is 1. The third-order valence-electron chi connectivity index (χ3n) is 3.75. The number of nitrogens with two attached hydrogens (primary N) is 1. The number of rotatable bonds is 5. The van der Waals surface area contributed by atoms with Crippen LogP contribution in [0.3, 0.4) is 0 Å². The summed E-state index contributed by atoms with van der Waals surface area (Å²) in [4.78, 5) is 18.7. The van der Waals surface area contributed by atoms with Gasteiger partial charge in [0.05, 0.1) is 4.92 Å². The minimum atomic E-state index is -0.482. The van der Waals surface area contributed by atoms with Crippen molar-refractivity contribution in [1.82, 2.24) is 9.97 Å². The molecule has 0 radical (unpaired) electrons. The lowest BCUT2D eigenvalue weighted by Crippen LogP contribution is -2.33. The number of nitro groups is 1. The molecule has 1 aromatic rings. The monoisotopic (exact) mass is 296 g/mol. The van der Waals surface area contributed by atoms with Gasteiger partial charge in [-0.15, -0.1) is 0 Å². The Morgan fingerprint density at radius 1 is 1.43 bits per heavy atom. The molecule has 2 heterocycles. The number of aromatic nitrogens is 2. The van der Waals surface area contributed by atoms with Crippen molar-refractivity contribution in [3.05, 3.63) is 15.8 Å². The topological polar surface area (TPSA) is 128 Å². The molecule has 0 spiro atoms. The number of aryl methyl sites for hydroxylation is 1. The first-order valence-corrected chi connectivity index (χ1v) is 6.76. The normalized spacial score (nSPS) is 17.3. The van der Waals surface area contributed by atoms with Gasteiger partial charge < -0.3 is 10.1 Å². The van der Waals surface area contributed by atoms with Gasteiger partial charge in [-0.05, 0) is 25.2 Å². The lowest BCUT2D eigenvalue weighted by atomic mass is 9.82. The maximum Gasteiger partial charge on any atom is 0.332 e. The van der Waals surface area contributed by atoms with Gasteiger partial charge in [0.2, 0.25) is 11.8 Å². The third kappa shape index (κ3) is 3.56. The molecule has 1 aliphatic heterocycles. The van der Waals surface area contributed by atoms with Gasteiger partial charge in [0, 0.05) is 19.8 Å². The summed E-state index contributed by atoms with van der Waals surface area (Å²) < 4.78 is 5.35. The van der Waals surface area contributed by atoms with E-state index in [4.69, 9.17) is 10.6 Å². The van der Waals surface area contributed by atoms with E-state index >= 15 is 0 Å². The Morgan fingerprint density at radius 2 is 2.10 bits per heavy atom. The summed E-state index contributed by atoms with van der Waals surface area (Å²) >= 11 is 0. The zero-order chi connectivity index (χ0) is 15.5. The number of anilines is 2. The average molecular weight is 296 g/mol. The van der Waals surface area contributed by atoms with E-state index in [1.54, 1.807) is 6.92 Å². The Balaban J connectivity index is 2.21. The predicted molar refractivity (Wildman–Crippen MR) is 77.9 cm³/mol. The minimum absolute atomic E-state index is 0.0290. The highest BCUT2D eigenvalue weighted by Gasteiger charge is 2.29. The molecule has 116 valence electrons. The molecule has 4 N–H and O–H groups in total. The molecule has 0 amide bonds. The van der Waals surface area contributed by atoms with Gasteiger partial charge in [0.15, 0.2) is 0 Å². The molecule has 9 nitrogen and oxygen atoms in total. The fourth-order valence-electron chi connectivity index (χ4n) is 2.31. The van der Waals surface area contributed by atoms with E-state index in [-0.39, 0.29) is 28.6 Å². The number of nitrogens with one attached hydrogen (secondary N) is 2. The summed E-state index contributed by atoms with van der Waals surface area (Å²) in [5.41, 5.74) is 2.49. The molecule has 9 heteroatoms. The smallest absolute Gasteiger partial charge is 0.332 e. The summed E-state index contributed by atoms with van der Waals surface area (Å²) in [7, 11) is 0. The number of hydrogen-bond donors (Lipinski definition) is 3. The maximum absolute atomic E-state index is 11.2. The molecule has 1 aliphatic rings. The summed E-state index contributed by atoms with van der Waals surface area (Å²) in [5, 5.41) is 14.3. The zero-order valence-electron chi connectivity index (χ0n) is 12.2. The van der Waals surface area contributed by atoms with Gasteiger partial charge in [0.25, 0.3) is 0 Å². The highest BCUT2D eigenvalue weighted by molar-refractivity contribution is 5.60. The predicted octanol–water partition coefficient (Wildman–Crippen LogP) is 1.21. The third-order valence-corrected chi connectivity index (χ3v) is 3.75. The fraction of sp³-hybridized carbons (Fsp3) is 0.667. The second kappa shape index (κ2) is 6.19. The van der Waals surface area contributed by atoms with Crippen molar-refractivity contribution in [2.75, 3.05) is 30.5 Å². The number of ether oxygens (including phenoxy) is 1. The van der Waals surface area contributed by atoms with Crippen LogP contribution in [0.4, 0.5) is 17.5 Å². The van der Waals surface area contributed by atoms with Crippen LogP contribution >= 0.6 is 0 Å². The molecule has 0 atom stereocenters. The van der Waals surface area contributed by atoms with E-state index in [0.29, 0.717) is 19.8 Å². The van der Waals surface area contributed by atoms with E-state index in [1.807, 2.05) is 0 Å². The van der Waals surface area contributed by atoms with Gasteiger partial charge in [-0.25, -0.2) is 10.8 Å². The minimum Gasteiger partial charge on any atom is -0.381 e. The number of nitrogens with zero attached hydrogens (tertiary/aromatic N) is 3. The molecule has 1 aromatic heterocycles. The van der Waals surface area contributed by atoms with Crippen molar-refractivity contribution in [3.63, 3.8) is 0 Å². The molecule has 0 aliphatic carbocycles. The van der Waals surface area contributed by atoms with E-state index in [2.05, 4.69) is 27.6 Å². The van der Waals surface area contributed by atoms with Crippen LogP contribution in [0.2, 0.25) is 0 Å². The van der Waals surface area contributed by atoms with Crippen LogP contribution in [0.25, 0.3) is 0 Å². The van der Waals surface area contributed by atoms with Gasteiger partial charge >= 0.3 is 5.69 Å². The first-order valence-electron chi connectivity index (χ1n) is 6.76. The first-order chi connectivity index (χ1) is 9.95. The second-order valence-electron chi connectivity index (χ2n) is 5.51. The second-order valence-corrected chi connectivity index (χ2v) is 5.51. The van der Waals surface area contributed by atoms with Crippen molar-refractivity contribution >= 4 is 17.5 Å². The molecule has 1 saturated heterocycles. The first kappa shape index (κ1) is 15.4. The lowest BCUT2D eigenvalue weighted by Gasteiger charge is -2.33. The molecule has 1 fully saturated rings. The van der Waals surface area contributed by atoms with E-state index < -0.39 is 4.92 Å². The molecule has 0 unspecified atom stereocenters. The van der Waals surface area contributed by atoms with Crippen LogP contribution < -0.4 is 16.6 Å². The Morgan fingerprint density at radius 3 is 2.67 bits per heavy atom. The summed E-state index contributed by atoms with van der Waals surface area (Å²) in [5.74, 6) is 5.63. The van der Waals surface area contributed by atoms with Crippen LogP contribution in [-0.2, 0) is 4.74 Å². The van der Waals surface area contributed by atoms with Crippen LogP contribution in [0.1, 0.15) is 25.5 Å². The zero-order valence-corrected chi connectivity index (χ0v) is 12.2. The standard InChI is InChI=1S/C12H20N6O3/c1-8-9(18(19)20)10(16-11(15-8)17-13)14-7-12(2)3-5-21-6-4-12/h3-7,13H2,1-2H3,(H2,14,15,16,17). The van der Waals surface area contributed by atoms with Gasteiger partial charge in [-0.1, -0.05) is 6.92 Å². The van der Waals surface area contributed by atoms with Crippen molar-refractivity contribution < 1.29 is 9.66 Å². The molecule has 0 saturated carbocycles. The summed E-state index contributed by atoms with van der Waals surface area (Å²) in [6, 6.07) is 0. The average Bonchev–Trinajstić information content (AvgIpc) is 2.45. The Bertz CT molecular complexity index is 530. The molecule has 21 heavy (non-hydrogen) atoms. The van der Waals surface area contributed by atoms with Crippen LogP contribution in [0.15, 0.2) is 0 Å². The van der Waals surface area contributed by atoms with E-state index in [9.17, 15) is 10.1 Å². The Kier molecular flexibility index (Phi) is 4.53. The Labute approximate surface area is 122 Å². The fourth-order valence-corrected chi connectivity index (χ4v) is 2.31. The SMILES string of the molecule is Cc1nc(NN)nc(NCC2(C)CCOCC2)c1[N+](=O)[O-]. The molecular weight excluding hydrogens is 276 g/mol. The highest BCUT2D eigenvalue weighted by Crippen LogP contribution is 2.32. The maximum atomic E-state index is 11.2. The lowest BCUT2D eigenvalue weighted by molar-refractivity contribution is -0.385.